The molecule has 0 atom stereocenters. The molecule has 35 heavy (non-hydrogen) atoms. The van der Waals surface area contributed by atoms with Crippen molar-refractivity contribution in [3.05, 3.63) is 26.4 Å². The van der Waals surface area contributed by atoms with Crippen LogP contribution in [0.1, 0.15) is 69.9 Å². The smallest absolute Gasteiger partial charge is 0.334 e. The maximum atomic E-state index is 13.2. The fourth-order valence-corrected chi connectivity index (χ4v) is 6.38. The van der Waals surface area contributed by atoms with Gasteiger partial charge in [-0.3, -0.25) is 29.0 Å². The van der Waals surface area contributed by atoms with Crippen molar-refractivity contribution in [2.45, 2.75) is 76.4 Å². The molecule has 1 aliphatic heterocycles. The number of aromatic hydroxyl groups is 1. The minimum atomic E-state index is -0.925. The number of aliphatic hydroxyl groups is 1. The molecule has 2 spiro atoms. The summed E-state index contributed by atoms with van der Waals surface area (Å²) in [4.78, 5) is 54.3. The first-order chi connectivity index (χ1) is 16.5. The molecule has 1 aromatic heterocycles. The highest BCUT2D eigenvalue weighted by Gasteiger charge is 2.67. The van der Waals surface area contributed by atoms with Crippen molar-refractivity contribution in [1.29, 1.82) is 5.41 Å². The number of nitrogens with one attached hydrogen (secondary N) is 1. The van der Waals surface area contributed by atoms with Crippen molar-refractivity contribution in [1.82, 2.24) is 18.9 Å². The molecule has 0 bridgehead atoms. The molecule has 12 nitrogen and oxygen atoms in total. The number of urea groups is 1. The van der Waals surface area contributed by atoms with Crippen LogP contribution >= 0.6 is 0 Å². The summed E-state index contributed by atoms with van der Waals surface area (Å²) in [7, 11) is 1.46. The van der Waals surface area contributed by atoms with Crippen LogP contribution in [0.2, 0.25) is 0 Å². The first kappa shape index (κ1) is 25.0. The van der Waals surface area contributed by atoms with E-state index in [-0.39, 0.29) is 36.6 Å². The van der Waals surface area contributed by atoms with Crippen LogP contribution in [0.3, 0.4) is 0 Å². The third-order valence-electron chi connectivity index (χ3n) is 8.13. The van der Waals surface area contributed by atoms with Crippen molar-refractivity contribution < 1.29 is 19.8 Å². The van der Waals surface area contributed by atoms with Gasteiger partial charge in [-0.15, -0.1) is 0 Å². The lowest BCUT2D eigenvalue weighted by Gasteiger charge is -2.58. The van der Waals surface area contributed by atoms with E-state index in [0.717, 1.165) is 20.5 Å². The van der Waals surface area contributed by atoms with Crippen LogP contribution in [-0.2, 0) is 11.3 Å². The summed E-state index contributed by atoms with van der Waals surface area (Å²) in [6.45, 7) is 2.03. The molecular weight excluding hydrogens is 456 g/mol. The normalized spacial score (nSPS) is 28.3. The number of likely N-dealkylation sites (N-methyl/N-ethyl adjacent to an activating group) is 1. The number of hydrogen-bond donors (Lipinski definition) is 4. The van der Waals surface area contributed by atoms with Gasteiger partial charge in [0.15, 0.2) is 0 Å². The number of aliphatic hydroxyl groups excluding tert-OH is 1. The topological polar surface area (TPSA) is 175 Å². The SMILES string of the molecule is CCCCn1c(O)c(C(=N)N)c(=O)n(C2CCC3(CC2)CC2(C3)C(=O)N(C)C(=O)N2CCO)c1=O. The van der Waals surface area contributed by atoms with Gasteiger partial charge in [-0.05, 0) is 50.4 Å². The molecule has 3 amide bonds. The minimum Gasteiger partial charge on any atom is -0.494 e. The summed E-state index contributed by atoms with van der Waals surface area (Å²) < 4.78 is 2.25. The Morgan fingerprint density at radius 3 is 2.31 bits per heavy atom. The maximum absolute atomic E-state index is 13.2. The van der Waals surface area contributed by atoms with Crippen LogP contribution in [0.25, 0.3) is 0 Å². The molecule has 3 aliphatic rings. The fraction of sp³-hybridized carbons (Fsp3) is 0.696. The van der Waals surface area contributed by atoms with E-state index in [1.54, 1.807) is 0 Å². The number of aromatic nitrogens is 2. The van der Waals surface area contributed by atoms with Gasteiger partial charge in [0.1, 0.15) is 16.9 Å². The lowest BCUT2D eigenvalue weighted by molar-refractivity contribution is -0.149. The average Bonchev–Trinajstić information content (AvgIpc) is 2.96. The highest BCUT2D eigenvalue weighted by molar-refractivity contribution is 6.07. The zero-order valence-corrected chi connectivity index (χ0v) is 20.2. The summed E-state index contributed by atoms with van der Waals surface area (Å²) in [5.74, 6) is -1.40. The van der Waals surface area contributed by atoms with Crippen LogP contribution in [-0.4, -0.2) is 72.7 Å². The third-order valence-corrected chi connectivity index (χ3v) is 8.13. The molecule has 12 heteroatoms. The second-order valence-corrected chi connectivity index (χ2v) is 10.2. The van der Waals surface area contributed by atoms with Crippen LogP contribution in [0.4, 0.5) is 4.79 Å². The van der Waals surface area contributed by atoms with Gasteiger partial charge in [0, 0.05) is 26.2 Å². The Morgan fingerprint density at radius 1 is 1.14 bits per heavy atom. The summed E-state index contributed by atoms with van der Waals surface area (Å²) in [5.41, 5.74) is 2.75. The molecule has 192 valence electrons. The Balaban J connectivity index is 1.58. The van der Waals surface area contributed by atoms with Gasteiger partial charge < -0.3 is 20.8 Å². The molecule has 0 unspecified atom stereocenters. The van der Waals surface area contributed by atoms with Crippen LogP contribution < -0.4 is 17.0 Å². The Morgan fingerprint density at radius 2 is 1.77 bits per heavy atom. The molecule has 4 rings (SSSR count). The Labute approximate surface area is 202 Å². The number of nitrogens with zero attached hydrogens (tertiary/aromatic N) is 4. The number of nitrogens with two attached hydrogens (primary N) is 1. The second-order valence-electron chi connectivity index (χ2n) is 10.2. The van der Waals surface area contributed by atoms with Crippen molar-refractivity contribution >= 4 is 17.8 Å². The molecular formula is C23H34N6O6. The zero-order valence-electron chi connectivity index (χ0n) is 20.2. The second kappa shape index (κ2) is 8.81. The Hall–Kier alpha value is -3.15. The first-order valence-electron chi connectivity index (χ1n) is 12.2. The van der Waals surface area contributed by atoms with Gasteiger partial charge >= 0.3 is 11.7 Å². The lowest BCUT2D eigenvalue weighted by Crippen LogP contribution is -2.64. The summed E-state index contributed by atoms with van der Waals surface area (Å²) in [6.07, 6.45) is 4.72. The number of imide groups is 1. The van der Waals surface area contributed by atoms with Gasteiger partial charge in [-0.1, -0.05) is 13.3 Å². The van der Waals surface area contributed by atoms with Crippen molar-refractivity contribution in [3.8, 4) is 5.88 Å². The van der Waals surface area contributed by atoms with Gasteiger partial charge in [-0.25, -0.2) is 9.59 Å². The lowest BCUT2D eigenvalue weighted by atomic mass is 9.51. The highest BCUT2D eigenvalue weighted by atomic mass is 16.3. The zero-order chi connectivity index (χ0) is 25.7. The molecule has 0 aromatic carbocycles. The highest BCUT2D eigenvalue weighted by Crippen LogP contribution is 2.61. The van der Waals surface area contributed by atoms with E-state index in [9.17, 15) is 29.4 Å². The summed E-state index contributed by atoms with van der Waals surface area (Å²) in [6, 6.07) is -0.812. The average molecular weight is 491 g/mol. The fourth-order valence-electron chi connectivity index (χ4n) is 6.38. The van der Waals surface area contributed by atoms with E-state index in [1.807, 2.05) is 6.92 Å². The number of amidine groups is 1. The van der Waals surface area contributed by atoms with Crippen molar-refractivity contribution in [2.75, 3.05) is 20.2 Å². The van der Waals surface area contributed by atoms with Crippen molar-refractivity contribution in [3.63, 3.8) is 0 Å². The molecule has 2 saturated carbocycles. The number of nitrogen functional groups attached to an aromatic ring is 1. The predicted octanol–water partition coefficient (Wildman–Crippen LogP) is 0.320. The Kier molecular flexibility index (Phi) is 6.28. The van der Waals surface area contributed by atoms with E-state index in [4.69, 9.17) is 11.1 Å². The van der Waals surface area contributed by atoms with E-state index >= 15 is 0 Å². The Bertz CT molecular complexity index is 1170. The quantitative estimate of drug-likeness (QED) is 0.242. The molecule has 2 aliphatic carbocycles. The predicted molar refractivity (Wildman–Crippen MR) is 126 cm³/mol. The maximum Gasteiger partial charge on any atom is 0.334 e. The largest absolute Gasteiger partial charge is 0.494 e. The number of carbonyl (C=O) groups excluding carboxylic acids is 2. The van der Waals surface area contributed by atoms with Crippen LogP contribution in [0.5, 0.6) is 5.88 Å². The molecule has 5 N–H and O–H groups in total. The molecule has 1 saturated heterocycles. The van der Waals surface area contributed by atoms with Gasteiger partial charge in [-0.2, -0.15) is 0 Å². The monoisotopic (exact) mass is 490 g/mol. The van der Waals surface area contributed by atoms with Gasteiger partial charge in [0.2, 0.25) is 5.88 Å². The van der Waals surface area contributed by atoms with E-state index < -0.39 is 40.6 Å². The molecule has 0 radical (unpaired) electrons. The standard InChI is InChI=1S/C23H34N6O6/c1-3-4-9-27-17(31)15(16(24)25)18(32)29(21(27)35)14-5-7-22(8-6-14)12-23(13-22)19(33)26(2)20(34)28(23)10-11-30/h14,30-31H,3-13H2,1-2H3,(H3,24,25). The van der Waals surface area contributed by atoms with E-state index in [0.29, 0.717) is 44.9 Å². The summed E-state index contributed by atoms with van der Waals surface area (Å²) >= 11 is 0. The van der Waals surface area contributed by atoms with Crippen LogP contribution in [0, 0.1) is 10.8 Å². The number of carbonyl (C=O) groups is 2. The first-order valence-corrected chi connectivity index (χ1v) is 12.2. The third kappa shape index (κ3) is 3.65. The van der Waals surface area contributed by atoms with E-state index in [2.05, 4.69) is 0 Å². The molecule has 2 heterocycles. The van der Waals surface area contributed by atoms with Crippen LogP contribution in [0.15, 0.2) is 9.59 Å². The van der Waals surface area contributed by atoms with Gasteiger partial charge in [0.05, 0.1) is 6.61 Å². The minimum absolute atomic E-state index is 0.0989. The van der Waals surface area contributed by atoms with Crippen molar-refractivity contribution in [2.24, 2.45) is 11.1 Å². The number of hydrogen-bond acceptors (Lipinski definition) is 7. The van der Waals surface area contributed by atoms with Gasteiger partial charge in [0.25, 0.3) is 11.5 Å². The number of unbranched alkanes of at least 4 members (excludes halogenated alkanes) is 1. The summed E-state index contributed by atoms with van der Waals surface area (Å²) in [5, 5.41) is 27.7. The number of amides is 3. The molecule has 3 fully saturated rings. The molecule has 1 aromatic rings. The van der Waals surface area contributed by atoms with E-state index in [1.165, 1.54) is 11.9 Å². The number of β-amino-alcohol motifs (C(OH)–C–C–N with tert-alkyl or cyclic N) is 1. The number of rotatable bonds is 7.